The third-order valence-corrected chi connectivity index (χ3v) is 1.49. The van der Waals surface area contributed by atoms with Gasteiger partial charge in [-0.05, 0) is 17.7 Å². The van der Waals surface area contributed by atoms with Crippen LogP contribution in [0.3, 0.4) is 0 Å². The van der Waals surface area contributed by atoms with E-state index in [-0.39, 0.29) is 18.6 Å². The fourth-order valence-electron chi connectivity index (χ4n) is 0.833. The molecule has 68 valence electrons. The lowest BCUT2D eigenvalue weighted by Crippen LogP contribution is -2.23. The summed E-state index contributed by atoms with van der Waals surface area (Å²) in [6.07, 6.45) is 0.198. The van der Waals surface area contributed by atoms with E-state index in [1.807, 2.05) is 0 Å². The van der Waals surface area contributed by atoms with Crippen molar-refractivity contribution in [3.63, 3.8) is 0 Å². The number of aldehydes is 1. The molecule has 0 saturated heterocycles. The van der Waals surface area contributed by atoms with Gasteiger partial charge in [0.25, 0.3) is 5.91 Å². The first-order chi connectivity index (χ1) is 6.22. The van der Waals surface area contributed by atoms with Crippen LogP contribution >= 0.6 is 0 Å². The van der Waals surface area contributed by atoms with Crippen molar-refractivity contribution in [2.45, 2.75) is 6.54 Å². The lowest BCUT2D eigenvalue weighted by molar-refractivity contribution is -0.131. The number of hydrogen-bond acceptors (Lipinski definition) is 2. The van der Waals surface area contributed by atoms with Gasteiger partial charge in [0.05, 0.1) is 0 Å². The maximum atomic E-state index is 12.4. The Labute approximate surface area is 74.6 Å². The van der Waals surface area contributed by atoms with Crippen molar-refractivity contribution in [2.75, 3.05) is 0 Å². The molecule has 1 aromatic rings. The zero-order valence-corrected chi connectivity index (χ0v) is 6.79. The highest BCUT2D eigenvalue weighted by Crippen LogP contribution is 2.01. The van der Waals surface area contributed by atoms with Gasteiger partial charge >= 0.3 is 0 Å². The summed E-state index contributed by atoms with van der Waals surface area (Å²) >= 11 is 0. The van der Waals surface area contributed by atoms with Crippen LogP contribution in [0.1, 0.15) is 5.56 Å². The second kappa shape index (κ2) is 4.35. The van der Waals surface area contributed by atoms with Gasteiger partial charge in [-0.2, -0.15) is 0 Å². The monoisotopic (exact) mass is 181 g/mol. The summed E-state index contributed by atoms with van der Waals surface area (Å²) < 4.78 is 12.4. The normalized spacial score (nSPS) is 9.31. The fraction of sp³-hybridized carbons (Fsp3) is 0.111. The van der Waals surface area contributed by atoms with E-state index in [4.69, 9.17) is 0 Å². The Morgan fingerprint density at radius 3 is 2.54 bits per heavy atom. The fourth-order valence-corrected chi connectivity index (χ4v) is 0.833. The molecule has 0 aliphatic rings. The highest BCUT2D eigenvalue weighted by Gasteiger charge is 1.97. The maximum absolute atomic E-state index is 12.4. The number of nitrogens with one attached hydrogen (secondary N) is 1. The molecule has 1 N–H and O–H groups in total. The van der Waals surface area contributed by atoms with Gasteiger partial charge in [-0.15, -0.1) is 0 Å². The lowest BCUT2D eigenvalue weighted by atomic mass is 10.2. The minimum Gasteiger partial charge on any atom is -0.346 e. The Bertz CT molecular complexity index is 308. The summed E-state index contributed by atoms with van der Waals surface area (Å²) in [7, 11) is 0. The summed E-state index contributed by atoms with van der Waals surface area (Å²) in [4.78, 5) is 20.4. The van der Waals surface area contributed by atoms with E-state index >= 15 is 0 Å². The van der Waals surface area contributed by atoms with Gasteiger partial charge in [0, 0.05) is 6.54 Å². The molecule has 0 heterocycles. The van der Waals surface area contributed by atoms with E-state index in [2.05, 4.69) is 5.32 Å². The summed E-state index contributed by atoms with van der Waals surface area (Å²) in [5.74, 6) is -1.00. The standard InChI is InChI=1S/C9H8FNO2/c10-8-3-1-7(2-4-8)5-11-9(13)6-12/h1-4,6H,5H2,(H,11,13). The zero-order valence-electron chi connectivity index (χ0n) is 6.79. The third kappa shape index (κ3) is 3.02. The molecule has 1 aromatic carbocycles. The van der Waals surface area contributed by atoms with Gasteiger partial charge in [0.2, 0.25) is 6.29 Å². The van der Waals surface area contributed by atoms with Gasteiger partial charge in [0.1, 0.15) is 5.82 Å². The molecule has 0 bridgehead atoms. The largest absolute Gasteiger partial charge is 0.346 e. The highest BCUT2D eigenvalue weighted by atomic mass is 19.1. The van der Waals surface area contributed by atoms with Crippen LogP contribution in [0.5, 0.6) is 0 Å². The van der Waals surface area contributed by atoms with Gasteiger partial charge in [-0.1, -0.05) is 12.1 Å². The first kappa shape index (κ1) is 9.38. The second-order valence-electron chi connectivity index (χ2n) is 2.46. The molecule has 0 atom stereocenters. The molecule has 0 aliphatic carbocycles. The molecule has 0 unspecified atom stereocenters. The zero-order chi connectivity index (χ0) is 9.68. The van der Waals surface area contributed by atoms with Crippen LogP contribution in [0.4, 0.5) is 4.39 Å². The Morgan fingerprint density at radius 2 is 2.00 bits per heavy atom. The van der Waals surface area contributed by atoms with Crippen LogP contribution in [0.25, 0.3) is 0 Å². The quantitative estimate of drug-likeness (QED) is 0.549. The Balaban J connectivity index is 2.50. The van der Waals surface area contributed by atoms with Gasteiger partial charge < -0.3 is 5.32 Å². The number of benzene rings is 1. The Morgan fingerprint density at radius 1 is 1.38 bits per heavy atom. The molecular formula is C9H8FNO2. The summed E-state index contributed by atoms with van der Waals surface area (Å²) in [5.41, 5.74) is 0.747. The number of amides is 1. The molecule has 0 aliphatic heterocycles. The molecule has 4 heteroatoms. The Hall–Kier alpha value is -1.71. The second-order valence-corrected chi connectivity index (χ2v) is 2.46. The Kier molecular flexibility index (Phi) is 3.14. The topological polar surface area (TPSA) is 46.2 Å². The smallest absolute Gasteiger partial charge is 0.284 e. The van der Waals surface area contributed by atoms with E-state index in [1.54, 1.807) is 12.1 Å². The SMILES string of the molecule is O=CC(=O)NCc1ccc(F)cc1. The van der Waals surface area contributed by atoms with Crippen LogP contribution in [0, 0.1) is 5.82 Å². The van der Waals surface area contributed by atoms with Crippen molar-refractivity contribution in [2.24, 2.45) is 0 Å². The van der Waals surface area contributed by atoms with Crippen LogP contribution in [-0.2, 0) is 16.1 Å². The van der Waals surface area contributed by atoms with Crippen molar-refractivity contribution >= 4 is 12.2 Å². The average Bonchev–Trinajstić information content (AvgIpc) is 2.16. The van der Waals surface area contributed by atoms with Gasteiger partial charge in [0.15, 0.2) is 0 Å². The lowest BCUT2D eigenvalue weighted by Gasteiger charge is -2.00. The van der Waals surface area contributed by atoms with Crippen molar-refractivity contribution in [1.29, 1.82) is 0 Å². The first-order valence-corrected chi connectivity index (χ1v) is 3.70. The molecular weight excluding hydrogens is 173 g/mol. The average molecular weight is 181 g/mol. The predicted molar refractivity (Wildman–Crippen MR) is 44.3 cm³/mol. The van der Waals surface area contributed by atoms with Crippen LogP contribution in [0.2, 0.25) is 0 Å². The van der Waals surface area contributed by atoms with Gasteiger partial charge in [-0.3, -0.25) is 9.59 Å². The van der Waals surface area contributed by atoms with E-state index in [0.29, 0.717) is 0 Å². The molecule has 0 spiro atoms. The highest BCUT2D eigenvalue weighted by molar-refractivity contribution is 6.23. The molecule has 0 radical (unpaired) electrons. The summed E-state index contributed by atoms with van der Waals surface area (Å²) in [5, 5.41) is 2.34. The maximum Gasteiger partial charge on any atom is 0.284 e. The van der Waals surface area contributed by atoms with Crippen LogP contribution < -0.4 is 5.32 Å². The summed E-state index contributed by atoms with van der Waals surface area (Å²) in [6, 6.07) is 5.67. The van der Waals surface area contributed by atoms with Crippen LogP contribution in [-0.4, -0.2) is 12.2 Å². The van der Waals surface area contributed by atoms with Crippen molar-refractivity contribution in [3.05, 3.63) is 35.6 Å². The van der Waals surface area contributed by atoms with E-state index in [9.17, 15) is 14.0 Å². The minimum absolute atomic E-state index is 0.198. The molecule has 1 rings (SSSR count). The number of hydrogen-bond donors (Lipinski definition) is 1. The molecule has 0 fully saturated rings. The van der Waals surface area contributed by atoms with Crippen molar-refractivity contribution in [1.82, 2.24) is 5.32 Å². The number of rotatable bonds is 3. The van der Waals surface area contributed by atoms with Crippen LogP contribution in [0.15, 0.2) is 24.3 Å². The van der Waals surface area contributed by atoms with E-state index < -0.39 is 5.91 Å². The molecule has 0 aromatic heterocycles. The van der Waals surface area contributed by atoms with Crippen molar-refractivity contribution in [3.8, 4) is 0 Å². The number of carbonyl (C=O) groups excluding carboxylic acids is 2. The molecule has 1 amide bonds. The first-order valence-electron chi connectivity index (χ1n) is 3.70. The number of carbonyl (C=O) groups is 2. The molecule has 0 saturated carbocycles. The minimum atomic E-state index is -0.677. The van der Waals surface area contributed by atoms with E-state index in [0.717, 1.165) is 5.56 Å². The number of halogens is 1. The summed E-state index contributed by atoms with van der Waals surface area (Å²) in [6.45, 7) is 0.234. The molecule has 13 heavy (non-hydrogen) atoms. The van der Waals surface area contributed by atoms with Crippen molar-refractivity contribution < 1.29 is 14.0 Å². The van der Waals surface area contributed by atoms with Gasteiger partial charge in [-0.25, -0.2) is 4.39 Å². The van der Waals surface area contributed by atoms with E-state index in [1.165, 1.54) is 12.1 Å². The predicted octanol–water partition coefficient (Wildman–Crippen LogP) is 0.641. The third-order valence-electron chi connectivity index (χ3n) is 1.49. The molecule has 3 nitrogen and oxygen atoms in total.